The molecule has 3 aromatic rings. The van der Waals surface area contributed by atoms with E-state index in [0.717, 1.165) is 18.4 Å². The molecular formula is C26H22. The van der Waals surface area contributed by atoms with E-state index in [-0.39, 0.29) is 0 Å². The monoisotopic (exact) mass is 334 g/mol. The van der Waals surface area contributed by atoms with Crippen LogP contribution in [0.1, 0.15) is 29.5 Å². The molecule has 3 aromatic carbocycles. The standard InChI is InChI=1S/C26H22/c1-3-21-22(4-2)26(20-15-9-6-10-16-20)24-18-12-11-17-23(24)25(21)19-13-7-5-8-14-19/h3-9,11-15,17-18H,1-2,10,16H2. The van der Waals surface area contributed by atoms with E-state index < -0.39 is 0 Å². The molecule has 0 N–H and O–H groups in total. The lowest BCUT2D eigenvalue weighted by atomic mass is 9.82. The highest BCUT2D eigenvalue weighted by Gasteiger charge is 2.19. The second-order valence-corrected chi connectivity index (χ2v) is 6.56. The molecule has 0 unspecified atom stereocenters. The third-order valence-corrected chi connectivity index (χ3v) is 5.10. The van der Waals surface area contributed by atoms with Crippen molar-refractivity contribution in [3.05, 3.63) is 103 Å². The number of rotatable bonds is 4. The maximum atomic E-state index is 4.14. The topological polar surface area (TPSA) is 0 Å². The van der Waals surface area contributed by atoms with Gasteiger partial charge in [0.2, 0.25) is 0 Å². The molecule has 0 amide bonds. The van der Waals surface area contributed by atoms with Crippen LogP contribution in [0.3, 0.4) is 0 Å². The maximum Gasteiger partial charge on any atom is -0.00266 e. The first-order valence-corrected chi connectivity index (χ1v) is 9.10. The Morgan fingerprint density at radius 2 is 1.35 bits per heavy atom. The summed E-state index contributed by atoms with van der Waals surface area (Å²) in [5.74, 6) is 0. The molecule has 0 heteroatoms. The summed E-state index contributed by atoms with van der Waals surface area (Å²) in [6, 6.07) is 19.3. The van der Waals surface area contributed by atoms with Crippen molar-refractivity contribution in [3.8, 4) is 11.1 Å². The molecule has 0 radical (unpaired) electrons. The zero-order valence-electron chi connectivity index (χ0n) is 14.9. The number of benzene rings is 3. The predicted octanol–water partition coefficient (Wildman–Crippen LogP) is 7.53. The molecule has 0 saturated heterocycles. The van der Waals surface area contributed by atoms with Gasteiger partial charge in [0.25, 0.3) is 0 Å². The van der Waals surface area contributed by atoms with E-state index in [1.165, 1.54) is 38.6 Å². The molecule has 4 rings (SSSR count). The average molecular weight is 334 g/mol. The number of hydrogen-bond donors (Lipinski definition) is 0. The molecule has 0 aliphatic heterocycles. The van der Waals surface area contributed by atoms with Gasteiger partial charge >= 0.3 is 0 Å². The van der Waals surface area contributed by atoms with Crippen LogP contribution < -0.4 is 0 Å². The minimum absolute atomic E-state index is 1.06. The average Bonchev–Trinajstić information content (AvgIpc) is 2.73. The highest BCUT2D eigenvalue weighted by Crippen LogP contribution is 2.42. The second-order valence-electron chi connectivity index (χ2n) is 6.56. The largest absolute Gasteiger partial charge is 0.0984 e. The molecule has 0 nitrogen and oxygen atoms in total. The Labute approximate surface area is 155 Å². The highest BCUT2D eigenvalue weighted by atomic mass is 14.2. The fraction of sp³-hybridized carbons (Fsp3) is 0.0769. The molecule has 0 heterocycles. The highest BCUT2D eigenvalue weighted by molar-refractivity contribution is 6.09. The molecular weight excluding hydrogens is 312 g/mol. The lowest BCUT2D eigenvalue weighted by Crippen LogP contribution is -1.99. The van der Waals surface area contributed by atoms with Crippen LogP contribution in [-0.2, 0) is 0 Å². The van der Waals surface area contributed by atoms with Crippen molar-refractivity contribution in [2.45, 2.75) is 12.8 Å². The van der Waals surface area contributed by atoms with Gasteiger partial charge in [-0.25, -0.2) is 0 Å². The summed E-state index contributed by atoms with van der Waals surface area (Å²) >= 11 is 0. The summed E-state index contributed by atoms with van der Waals surface area (Å²) in [7, 11) is 0. The van der Waals surface area contributed by atoms with E-state index in [2.05, 4.69) is 86.0 Å². The van der Waals surface area contributed by atoms with Crippen LogP contribution in [0, 0.1) is 0 Å². The Hall–Kier alpha value is -3.12. The fourth-order valence-corrected chi connectivity index (χ4v) is 3.98. The van der Waals surface area contributed by atoms with Crippen molar-refractivity contribution < 1.29 is 0 Å². The summed E-state index contributed by atoms with van der Waals surface area (Å²) in [6.45, 7) is 8.28. The van der Waals surface area contributed by atoms with Gasteiger partial charge in [0.1, 0.15) is 0 Å². The van der Waals surface area contributed by atoms with Gasteiger partial charge in [-0.05, 0) is 57.0 Å². The van der Waals surface area contributed by atoms with E-state index >= 15 is 0 Å². The van der Waals surface area contributed by atoms with Crippen molar-refractivity contribution in [3.63, 3.8) is 0 Å². The number of fused-ring (bicyclic) bond motifs is 1. The van der Waals surface area contributed by atoms with Crippen LogP contribution in [0.25, 0.3) is 39.6 Å². The molecule has 26 heavy (non-hydrogen) atoms. The van der Waals surface area contributed by atoms with E-state index in [9.17, 15) is 0 Å². The predicted molar refractivity (Wildman–Crippen MR) is 116 cm³/mol. The van der Waals surface area contributed by atoms with Gasteiger partial charge in [0.05, 0.1) is 0 Å². The molecule has 1 aliphatic carbocycles. The van der Waals surface area contributed by atoms with Crippen molar-refractivity contribution in [2.24, 2.45) is 0 Å². The smallest absolute Gasteiger partial charge is 0.00266 e. The maximum absolute atomic E-state index is 4.14. The normalized spacial score (nSPS) is 13.5. The van der Waals surface area contributed by atoms with Crippen LogP contribution in [0.5, 0.6) is 0 Å². The number of hydrogen-bond acceptors (Lipinski definition) is 0. The third-order valence-electron chi connectivity index (χ3n) is 5.10. The van der Waals surface area contributed by atoms with Crippen LogP contribution in [0.15, 0.2) is 86.0 Å². The summed E-state index contributed by atoms with van der Waals surface area (Å²) in [6.07, 6.45) is 12.8. The van der Waals surface area contributed by atoms with Crippen LogP contribution in [-0.4, -0.2) is 0 Å². The van der Waals surface area contributed by atoms with Gasteiger partial charge in [0.15, 0.2) is 0 Å². The Balaban J connectivity index is 2.18. The SMILES string of the molecule is C=Cc1c(C=C)c(-c2ccccc2)c2ccccc2c1C1=CC=CCC1. The summed E-state index contributed by atoms with van der Waals surface area (Å²) < 4.78 is 0. The zero-order chi connectivity index (χ0) is 17.9. The Morgan fingerprint density at radius 1 is 0.731 bits per heavy atom. The number of allylic oxidation sites excluding steroid dienone is 4. The van der Waals surface area contributed by atoms with Crippen molar-refractivity contribution >= 4 is 28.5 Å². The molecule has 0 saturated carbocycles. The van der Waals surface area contributed by atoms with E-state index in [1.54, 1.807) is 0 Å². The van der Waals surface area contributed by atoms with Gasteiger partial charge in [-0.1, -0.05) is 98.1 Å². The summed E-state index contributed by atoms with van der Waals surface area (Å²) in [4.78, 5) is 0. The fourth-order valence-electron chi connectivity index (χ4n) is 3.98. The third kappa shape index (κ3) is 2.64. The first-order chi connectivity index (χ1) is 12.8. The minimum atomic E-state index is 1.06. The molecule has 0 aromatic heterocycles. The zero-order valence-corrected chi connectivity index (χ0v) is 14.9. The van der Waals surface area contributed by atoms with Crippen molar-refractivity contribution in [1.82, 2.24) is 0 Å². The Morgan fingerprint density at radius 3 is 1.96 bits per heavy atom. The van der Waals surface area contributed by atoms with Gasteiger partial charge < -0.3 is 0 Å². The van der Waals surface area contributed by atoms with Crippen LogP contribution in [0.2, 0.25) is 0 Å². The molecule has 1 aliphatic rings. The first kappa shape index (κ1) is 16.4. The van der Waals surface area contributed by atoms with Gasteiger partial charge in [0, 0.05) is 0 Å². The van der Waals surface area contributed by atoms with E-state index in [1.807, 2.05) is 12.2 Å². The molecule has 126 valence electrons. The van der Waals surface area contributed by atoms with E-state index in [0.29, 0.717) is 0 Å². The molecule has 0 bridgehead atoms. The first-order valence-electron chi connectivity index (χ1n) is 9.10. The molecule has 0 atom stereocenters. The van der Waals surface area contributed by atoms with Crippen LogP contribution in [0.4, 0.5) is 0 Å². The van der Waals surface area contributed by atoms with Gasteiger partial charge in [-0.2, -0.15) is 0 Å². The molecule has 0 fully saturated rings. The van der Waals surface area contributed by atoms with E-state index in [4.69, 9.17) is 0 Å². The van der Waals surface area contributed by atoms with Gasteiger partial charge in [-0.15, -0.1) is 0 Å². The van der Waals surface area contributed by atoms with Crippen molar-refractivity contribution in [2.75, 3.05) is 0 Å². The summed E-state index contributed by atoms with van der Waals surface area (Å²) in [5, 5.41) is 2.55. The van der Waals surface area contributed by atoms with Crippen molar-refractivity contribution in [1.29, 1.82) is 0 Å². The van der Waals surface area contributed by atoms with Gasteiger partial charge in [-0.3, -0.25) is 0 Å². The minimum Gasteiger partial charge on any atom is -0.0984 e. The Bertz CT molecular complexity index is 1050. The lowest BCUT2D eigenvalue weighted by molar-refractivity contribution is 1.06. The quantitative estimate of drug-likeness (QED) is 0.462. The molecule has 0 spiro atoms. The second kappa shape index (κ2) is 7.01. The summed E-state index contributed by atoms with van der Waals surface area (Å²) in [5.41, 5.74) is 7.47. The van der Waals surface area contributed by atoms with Crippen LogP contribution >= 0.6 is 0 Å². The lowest BCUT2D eigenvalue weighted by Gasteiger charge is -2.22. The Kier molecular flexibility index (Phi) is 4.41.